The van der Waals surface area contributed by atoms with Crippen LogP contribution in [0.15, 0.2) is 0 Å². The largest absolute Gasteiger partial charge is 0.162 e. The van der Waals surface area contributed by atoms with Gasteiger partial charge in [0.15, 0.2) is 0 Å². The van der Waals surface area contributed by atoms with Gasteiger partial charge in [-0.05, 0) is 30.3 Å². The first kappa shape index (κ1) is 31.4. The van der Waals surface area contributed by atoms with Crippen LogP contribution in [0, 0.1) is 5.92 Å². The second kappa shape index (κ2) is 28.4. The standard InChI is InChI=1S/C30H62S/c1-4-5-6-7-8-9-10-11-12-13-14-15-16-19-22-25-28-31-29-26-23-20-17-18-21-24-27-30(2)3/h30H,4-29H2,1-3H3. The molecule has 0 spiro atoms. The Morgan fingerprint density at radius 3 is 1.00 bits per heavy atom. The van der Waals surface area contributed by atoms with E-state index >= 15 is 0 Å². The highest BCUT2D eigenvalue weighted by atomic mass is 32.2. The van der Waals surface area contributed by atoms with Gasteiger partial charge in [-0.1, -0.05) is 162 Å². The van der Waals surface area contributed by atoms with Crippen LogP contribution in [-0.4, -0.2) is 11.5 Å². The topological polar surface area (TPSA) is 0 Å². The van der Waals surface area contributed by atoms with Crippen molar-refractivity contribution in [1.29, 1.82) is 0 Å². The average molecular weight is 455 g/mol. The van der Waals surface area contributed by atoms with Crippen LogP contribution in [0.3, 0.4) is 0 Å². The van der Waals surface area contributed by atoms with Gasteiger partial charge >= 0.3 is 0 Å². The summed E-state index contributed by atoms with van der Waals surface area (Å²) in [5.74, 6) is 3.71. The third kappa shape index (κ3) is 30.4. The van der Waals surface area contributed by atoms with Gasteiger partial charge in [0, 0.05) is 0 Å². The minimum absolute atomic E-state index is 0.895. The Kier molecular flexibility index (Phi) is 28.7. The lowest BCUT2D eigenvalue weighted by molar-refractivity contribution is 0.511. The van der Waals surface area contributed by atoms with Crippen molar-refractivity contribution in [2.75, 3.05) is 11.5 Å². The molecule has 0 aromatic heterocycles. The normalized spacial score (nSPS) is 11.6. The fraction of sp³-hybridized carbons (Fsp3) is 1.00. The van der Waals surface area contributed by atoms with E-state index in [2.05, 4.69) is 32.5 Å². The molecule has 1 heteroatoms. The second-order valence-electron chi connectivity index (χ2n) is 10.6. The van der Waals surface area contributed by atoms with Crippen molar-refractivity contribution in [1.82, 2.24) is 0 Å². The molecule has 0 amide bonds. The highest BCUT2D eigenvalue weighted by Crippen LogP contribution is 2.16. The van der Waals surface area contributed by atoms with Crippen molar-refractivity contribution in [2.45, 2.75) is 175 Å². The number of thioether (sulfide) groups is 1. The molecule has 0 aliphatic heterocycles. The monoisotopic (exact) mass is 454 g/mol. The summed E-state index contributed by atoms with van der Waals surface area (Å²) in [6, 6.07) is 0. The Balaban J connectivity index is 2.99. The van der Waals surface area contributed by atoms with Gasteiger partial charge in [0.1, 0.15) is 0 Å². The quantitative estimate of drug-likeness (QED) is 0.111. The first-order valence-corrected chi connectivity index (χ1v) is 16.0. The fourth-order valence-corrected chi connectivity index (χ4v) is 5.52. The van der Waals surface area contributed by atoms with Gasteiger partial charge in [0.05, 0.1) is 0 Å². The van der Waals surface area contributed by atoms with Gasteiger partial charge in [0.2, 0.25) is 0 Å². The number of hydrogen-bond acceptors (Lipinski definition) is 1. The molecule has 0 saturated carbocycles. The third-order valence-corrected chi connectivity index (χ3v) is 7.87. The molecule has 0 aliphatic rings. The first-order chi connectivity index (χ1) is 15.3. The zero-order valence-corrected chi connectivity index (χ0v) is 23.2. The Bertz CT molecular complexity index is 299. The molecule has 0 heterocycles. The molecule has 188 valence electrons. The van der Waals surface area contributed by atoms with Gasteiger partial charge in [-0.25, -0.2) is 0 Å². The number of hydrogen-bond donors (Lipinski definition) is 0. The zero-order valence-electron chi connectivity index (χ0n) is 22.4. The molecule has 0 nitrogen and oxygen atoms in total. The molecule has 31 heavy (non-hydrogen) atoms. The van der Waals surface area contributed by atoms with Crippen molar-refractivity contribution in [3.8, 4) is 0 Å². The van der Waals surface area contributed by atoms with E-state index in [0.717, 1.165) is 5.92 Å². The molecular weight excluding hydrogens is 392 g/mol. The average Bonchev–Trinajstić information content (AvgIpc) is 2.76. The first-order valence-electron chi connectivity index (χ1n) is 14.8. The maximum absolute atomic E-state index is 2.34. The fourth-order valence-electron chi connectivity index (χ4n) is 4.49. The Morgan fingerprint density at radius 2 is 0.677 bits per heavy atom. The van der Waals surface area contributed by atoms with Crippen LogP contribution >= 0.6 is 11.8 Å². The lowest BCUT2D eigenvalue weighted by Gasteiger charge is -2.05. The van der Waals surface area contributed by atoms with Gasteiger partial charge < -0.3 is 0 Å². The summed E-state index contributed by atoms with van der Waals surface area (Å²) in [6.07, 6.45) is 35.2. The molecule has 0 radical (unpaired) electrons. The van der Waals surface area contributed by atoms with Crippen molar-refractivity contribution >= 4 is 11.8 Å². The van der Waals surface area contributed by atoms with Crippen LogP contribution in [-0.2, 0) is 0 Å². The van der Waals surface area contributed by atoms with Crippen LogP contribution in [0.2, 0.25) is 0 Å². The Hall–Kier alpha value is 0.350. The molecule has 0 saturated heterocycles. The molecule has 0 rings (SSSR count). The van der Waals surface area contributed by atoms with Gasteiger partial charge in [0.25, 0.3) is 0 Å². The summed E-state index contributed by atoms with van der Waals surface area (Å²) in [5.41, 5.74) is 0. The van der Waals surface area contributed by atoms with Crippen LogP contribution in [0.4, 0.5) is 0 Å². The molecule has 0 aromatic carbocycles. The Morgan fingerprint density at radius 1 is 0.387 bits per heavy atom. The minimum Gasteiger partial charge on any atom is -0.162 e. The van der Waals surface area contributed by atoms with Gasteiger partial charge in [-0.2, -0.15) is 11.8 Å². The minimum atomic E-state index is 0.895. The summed E-state index contributed by atoms with van der Waals surface area (Å²) in [5, 5.41) is 0. The smallest absolute Gasteiger partial charge is 0.00675 e. The summed E-state index contributed by atoms with van der Waals surface area (Å²) >= 11 is 2.21. The molecule has 0 N–H and O–H groups in total. The van der Waals surface area contributed by atoms with E-state index in [1.807, 2.05) is 0 Å². The molecular formula is C30H62S. The summed E-state index contributed by atoms with van der Waals surface area (Å²) < 4.78 is 0. The Labute approximate surface area is 203 Å². The van der Waals surface area contributed by atoms with E-state index in [1.54, 1.807) is 0 Å². The van der Waals surface area contributed by atoms with Crippen LogP contribution in [0.5, 0.6) is 0 Å². The van der Waals surface area contributed by atoms with Gasteiger partial charge in [-0.3, -0.25) is 0 Å². The third-order valence-electron chi connectivity index (χ3n) is 6.71. The van der Waals surface area contributed by atoms with Crippen LogP contribution < -0.4 is 0 Å². The van der Waals surface area contributed by atoms with Crippen LogP contribution in [0.1, 0.15) is 175 Å². The predicted molar refractivity (Wildman–Crippen MR) is 149 cm³/mol. The van der Waals surface area contributed by atoms with E-state index in [1.165, 1.54) is 166 Å². The molecule has 0 aromatic rings. The molecule has 0 bridgehead atoms. The summed E-state index contributed by atoms with van der Waals surface area (Å²) in [4.78, 5) is 0. The predicted octanol–water partition coefficient (Wildman–Crippen LogP) is 11.8. The van der Waals surface area contributed by atoms with E-state index in [-0.39, 0.29) is 0 Å². The lowest BCUT2D eigenvalue weighted by Crippen LogP contribution is -1.88. The van der Waals surface area contributed by atoms with Crippen molar-refractivity contribution < 1.29 is 0 Å². The lowest BCUT2D eigenvalue weighted by atomic mass is 10.0. The highest BCUT2D eigenvalue weighted by molar-refractivity contribution is 7.99. The van der Waals surface area contributed by atoms with E-state index in [0.29, 0.717) is 0 Å². The maximum atomic E-state index is 2.34. The summed E-state index contributed by atoms with van der Waals surface area (Å²) in [6.45, 7) is 6.99. The van der Waals surface area contributed by atoms with Crippen molar-refractivity contribution in [3.63, 3.8) is 0 Å². The SMILES string of the molecule is CCCCCCCCCCCCCCCCCCSCCCCCCCCCC(C)C. The van der Waals surface area contributed by atoms with Crippen molar-refractivity contribution in [2.24, 2.45) is 5.92 Å². The van der Waals surface area contributed by atoms with E-state index < -0.39 is 0 Å². The number of rotatable bonds is 27. The molecule has 0 atom stereocenters. The molecule has 0 unspecified atom stereocenters. The van der Waals surface area contributed by atoms with E-state index in [4.69, 9.17) is 0 Å². The number of unbranched alkanes of at least 4 members (excludes halogenated alkanes) is 21. The molecule has 0 aliphatic carbocycles. The van der Waals surface area contributed by atoms with E-state index in [9.17, 15) is 0 Å². The summed E-state index contributed by atoms with van der Waals surface area (Å²) in [7, 11) is 0. The highest BCUT2D eigenvalue weighted by Gasteiger charge is 1.97. The zero-order chi connectivity index (χ0) is 22.7. The van der Waals surface area contributed by atoms with Gasteiger partial charge in [-0.15, -0.1) is 0 Å². The van der Waals surface area contributed by atoms with Crippen LogP contribution in [0.25, 0.3) is 0 Å². The molecule has 0 fully saturated rings. The maximum Gasteiger partial charge on any atom is -0.00675 e. The second-order valence-corrected chi connectivity index (χ2v) is 11.8. The van der Waals surface area contributed by atoms with Crippen molar-refractivity contribution in [3.05, 3.63) is 0 Å².